The molecular weight excluding hydrogens is 270 g/mol. The zero-order valence-corrected chi connectivity index (χ0v) is 12.1. The average molecular weight is 289 g/mol. The van der Waals surface area contributed by atoms with Gasteiger partial charge in [0.05, 0.1) is 6.21 Å². The van der Waals surface area contributed by atoms with Crippen LogP contribution in [-0.4, -0.2) is 22.5 Å². The van der Waals surface area contributed by atoms with Gasteiger partial charge in [-0.05, 0) is 55.4 Å². The third-order valence-electron chi connectivity index (χ3n) is 4.36. The van der Waals surface area contributed by atoms with Crippen LogP contribution in [-0.2, 0) is 0 Å². The average Bonchev–Trinajstić information content (AvgIpc) is 3.03. The molecule has 0 spiro atoms. The number of benzene rings is 1. The van der Waals surface area contributed by atoms with Gasteiger partial charge in [0, 0.05) is 11.6 Å². The second kappa shape index (κ2) is 5.79. The van der Waals surface area contributed by atoms with Gasteiger partial charge in [-0.2, -0.15) is 5.10 Å². The normalized spacial score (nSPS) is 27.9. The molecule has 0 saturated heterocycles. The maximum Gasteiger partial charge on any atom is 0.187 e. The molecule has 20 heavy (non-hydrogen) atoms. The lowest BCUT2D eigenvalue weighted by molar-refractivity contribution is 0.389. The van der Waals surface area contributed by atoms with Gasteiger partial charge in [0.15, 0.2) is 5.11 Å². The van der Waals surface area contributed by atoms with E-state index in [-0.39, 0.29) is 5.75 Å². The number of para-hydroxylation sites is 1. The lowest BCUT2D eigenvalue weighted by Gasteiger charge is -2.23. The number of hydrogen-bond acceptors (Lipinski definition) is 3. The van der Waals surface area contributed by atoms with Crippen molar-refractivity contribution in [3.63, 3.8) is 0 Å². The predicted octanol–water partition coefficient (Wildman–Crippen LogP) is 2.38. The molecular formula is C15H19N3OS. The van der Waals surface area contributed by atoms with Crippen molar-refractivity contribution in [1.82, 2.24) is 10.7 Å². The Labute approximate surface area is 124 Å². The molecule has 2 aliphatic rings. The van der Waals surface area contributed by atoms with Crippen LogP contribution < -0.4 is 10.7 Å². The molecule has 106 valence electrons. The molecule has 0 unspecified atom stereocenters. The summed E-state index contributed by atoms with van der Waals surface area (Å²) in [6, 6.07) is 7.57. The Kier molecular flexibility index (Phi) is 3.87. The number of thiocarbonyl (C=S) groups is 1. The summed E-state index contributed by atoms with van der Waals surface area (Å²) in [5.74, 6) is 1.89. The Morgan fingerprint density at radius 1 is 1.30 bits per heavy atom. The van der Waals surface area contributed by atoms with Crippen LogP contribution in [0, 0.1) is 11.8 Å². The molecule has 0 radical (unpaired) electrons. The number of aromatic hydroxyl groups is 1. The molecule has 2 bridgehead atoms. The molecule has 2 fully saturated rings. The first-order valence-electron chi connectivity index (χ1n) is 7.10. The highest BCUT2D eigenvalue weighted by Crippen LogP contribution is 2.44. The van der Waals surface area contributed by atoms with Crippen molar-refractivity contribution in [1.29, 1.82) is 0 Å². The number of fused-ring (bicyclic) bond motifs is 2. The molecule has 0 heterocycles. The van der Waals surface area contributed by atoms with Crippen molar-refractivity contribution in [2.24, 2.45) is 16.9 Å². The summed E-state index contributed by atoms with van der Waals surface area (Å²) in [6.45, 7) is 0. The molecule has 0 aliphatic heterocycles. The van der Waals surface area contributed by atoms with E-state index < -0.39 is 0 Å². The first kappa shape index (κ1) is 13.4. The van der Waals surface area contributed by atoms with E-state index in [4.69, 9.17) is 12.2 Å². The first-order valence-corrected chi connectivity index (χ1v) is 7.51. The second-order valence-corrected chi connectivity index (χ2v) is 6.09. The molecule has 3 atom stereocenters. The minimum absolute atomic E-state index is 0.213. The number of hydrazone groups is 1. The summed E-state index contributed by atoms with van der Waals surface area (Å²) >= 11 is 5.26. The number of phenolic OH excluding ortho intramolecular Hbond substituents is 1. The number of phenols is 1. The molecule has 2 aliphatic carbocycles. The van der Waals surface area contributed by atoms with Gasteiger partial charge in [0.2, 0.25) is 0 Å². The third kappa shape index (κ3) is 2.93. The minimum Gasteiger partial charge on any atom is -0.507 e. The highest BCUT2D eigenvalue weighted by atomic mass is 32.1. The second-order valence-electron chi connectivity index (χ2n) is 5.68. The van der Waals surface area contributed by atoms with Gasteiger partial charge < -0.3 is 10.4 Å². The Bertz CT molecular complexity index is 532. The van der Waals surface area contributed by atoms with Crippen LogP contribution in [0.5, 0.6) is 5.75 Å². The highest BCUT2D eigenvalue weighted by molar-refractivity contribution is 7.80. The number of rotatable bonds is 3. The van der Waals surface area contributed by atoms with Crippen molar-refractivity contribution in [3.05, 3.63) is 29.8 Å². The van der Waals surface area contributed by atoms with E-state index in [1.807, 2.05) is 6.07 Å². The van der Waals surface area contributed by atoms with Gasteiger partial charge in [-0.25, -0.2) is 0 Å². The van der Waals surface area contributed by atoms with E-state index in [0.29, 0.717) is 16.7 Å². The molecule has 2 saturated carbocycles. The standard InChI is InChI=1S/C15H19N3OS/c19-14-4-2-1-3-12(14)9-16-18-15(20)17-13-8-10-5-6-11(13)7-10/h1-4,9-11,13,19H,5-8H2,(H2,17,18,20)/b16-9-/t10-,11-,13-/m0/s1. The SMILES string of the molecule is Oc1ccccc1/C=N\NC(=S)N[C@H]1C[C@H]2CC[C@H]1C2. The quantitative estimate of drug-likeness (QED) is 0.454. The fraction of sp³-hybridized carbons (Fsp3) is 0.467. The van der Waals surface area contributed by atoms with Gasteiger partial charge in [0.25, 0.3) is 0 Å². The van der Waals surface area contributed by atoms with Crippen LogP contribution >= 0.6 is 12.2 Å². The van der Waals surface area contributed by atoms with Crippen molar-refractivity contribution in [2.45, 2.75) is 31.7 Å². The van der Waals surface area contributed by atoms with Crippen LogP contribution in [0.25, 0.3) is 0 Å². The van der Waals surface area contributed by atoms with Gasteiger partial charge >= 0.3 is 0 Å². The number of hydrogen-bond donors (Lipinski definition) is 3. The maximum atomic E-state index is 9.61. The lowest BCUT2D eigenvalue weighted by atomic mass is 9.96. The summed E-state index contributed by atoms with van der Waals surface area (Å²) in [4.78, 5) is 0. The van der Waals surface area contributed by atoms with Crippen LogP contribution in [0.1, 0.15) is 31.2 Å². The van der Waals surface area contributed by atoms with Crippen LogP contribution in [0.15, 0.2) is 29.4 Å². The summed E-state index contributed by atoms with van der Waals surface area (Å²) in [7, 11) is 0. The Morgan fingerprint density at radius 3 is 2.85 bits per heavy atom. The fourth-order valence-electron chi connectivity index (χ4n) is 3.38. The van der Waals surface area contributed by atoms with Crippen molar-refractivity contribution in [3.8, 4) is 5.75 Å². The summed E-state index contributed by atoms with van der Waals surface area (Å²) < 4.78 is 0. The van der Waals surface area contributed by atoms with Crippen LogP contribution in [0.4, 0.5) is 0 Å². The van der Waals surface area contributed by atoms with Gasteiger partial charge in [-0.1, -0.05) is 18.6 Å². The van der Waals surface area contributed by atoms with E-state index in [1.165, 1.54) is 25.7 Å². The molecule has 0 amide bonds. The van der Waals surface area contributed by atoms with E-state index in [2.05, 4.69) is 15.8 Å². The Balaban J connectivity index is 1.49. The van der Waals surface area contributed by atoms with Crippen LogP contribution in [0.3, 0.4) is 0 Å². The predicted molar refractivity (Wildman–Crippen MR) is 83.8 cm³/mol. The maximum absolute atomic E-state index is 9.61. The molecule has 3 rings (SSSR count). The van der Waals surface area contributed by atoms with Crippen LogP contribution in [0.2, 0.25) is 0 Å². The third-order valence-corrected chi connectivity index (χ3v) is 4.57. The fourth-order valence-corrected chi connectivity index (χ4v) is 3.58. The Hall–Kier alpha value is -1.62. The van der Waals surface area contributed by atoms with E-state index in [0.717, 1.165) is 11.8 Å². The van der Waals surface area contributed by atoms with Gasteiger partial charge in [0.1, 0.15) is 5.75 Å². The zero-order chi connectivity index (χ0) is 13.9. The molecule has 5 heteroatoms. The van der Waals surface area contributed by atoms with Gasteiger partial charge in [-0.3, -0.25) is 5.43 Å². The molecule has 0 aromatic heterocycles. The first-order chi connectivity index (χ1) is 9.72. The lowest BCUT2D eigenvalue weighted by Crippen LogP contribution is -2.42. The monoisotopic (exact) mass is 289 g/mol. The highest BCUT2D eigenvalue weighted by Gasteiger charge is 2.39. The van der Waals surface area contributed by atoms with E-state index >= 15 is 0 Å². The van der Waals surface area contributed by atoms with Crippen molar-refractivity contribution < 1.29 is 5.11 Å². The van der Waals surface area contributed by atoms with E-state index in [9.17, 15) is 5.11 Å². The molecule has 1 aromatic rings. The number of nitrogens with zero attached hydrogens (tertiary/aromatic N) is 1. The number of nitrogens with one attached hydrogen (secondary N) is 2. The van der Waals surface area contributed by atoms with Crippen molar-refractivity contribution >= 4 is 23.5 Å². The molecule has 3 N–H and O–H groups in total. The summed E-state index contributed by atoms with van der Waals surface area (Å²) in [6.07, 6.45) is 6.86. The largest absolute Gasteiger partial charge is 0.507 e. The zero-order valence-electron chi connectivity index (χ0n) is 11.2. The summed E-state index contributed by atoms with van der Waals surface area (Å²) in [5.41, 5.74) is 3.49. The molecule has 4 nitrogen and oxygen atoms in total. The summed E-state index contributed by atoms with van der Waals surface area (Å²) in [5, 5.41) is 17.6. The van der Waals surface area contributed by atoms with Gasteiger partial charge in [-0.15, -0.1) is 0 Å². The van der Waals surface area contributed by atoms with Crippen molar-refractivity contribution in [2.75, 3.05) is 0 Å². The smallest absolute Gasteiger partial charge is 0.187 e. The Morgan fingerprint density at radius 2 is 2.15 bits per heavy atom. The topological polar surface area (TPSA) is 56.7 Å². The van der Waals surface area contributed by atoms with E-state index in [1.54, 1.807) is 24.4 Å². The minimum atomic E-state index is 0.213. The molecule has 1 aromatic carbocycles.